The van der Waals surface area contributed by atoms with Crippen molar-refractivity contribution in [3.63, 3.8) is 0 Å². The maximum absolute atomic E-state index is 6.09. The minimum atomic E-state index is -0.307. The number of dihydropyridines is 1. The van der Waals surface area contributed by atoms with E-state index in [0.717, 1.165) is 24.3 Å². The van der Waals surface area contributed by atoms with E-state index in [4.69, 9.17) is 9.31 Å². The van der Waals surface area contributed by atoms with Crippen LogP contribution in [0.4, 0.5) is 0 Å². The number of hydrogen-bond acceptors (Lipinski definition) is 4. The Bertz CT molecular complexity index is 545. The fourth-order valence-electron chi connectivity index (χ4n) is 2.31. The molecule has 1 fully saturated rings. The van der Waals surface area contributed by atoms with Crippen LogP contribution >= 0.6 is 0 Å². The van der Waals surface area contributed by atoms with Gasteiger partial charge in [-0.2, -0.15) is 5.10 Å². The van der Waals surface area contributed by atoms with E-state index in [1.165, 1.54) is 0 Å². The standard InChI is InChI=1S/C14H20BN3O2/c1-13(2)14(3,4)20-15(19-13)11-6-8-16-12(10-11)18-9-5-7-17-18/h5,7,9-10H,6,8H2,1-4H3. The van der Waals surface area contributed by atoms with Gasteiger partial charge in [0.25, 0.3) is 0 Å². The highest BCUT2D eigenvalue weighted by Gasteiger charge is 2.52. The second kappa shape index (κ2) is 4.57. The smallest absolute Gasteiger partial charge is 0.400 e. The van der Waals surface area contributed by atoms with E-state index in [0.29, 0.717) is 0 Å². The topological polar surface area (TPSA) is 48.6 Å². The summed E-state index contributed by atoms with van der Waals surface area (Å²) in [4.78, 5) is 4.50. The summed E-state index contributed by atoms with van der Waals surface area (Å²) < 4.78 is 14.0. The maximum Gasteiger partial charge on any atom is 0.490 e. The van der Waals surface area contributed by atoms with Crippen molar-refractivity contribution >= 4 is 13.0 Å². The molecule has 0 radical (unpaired) electrons. The van der Waals surface area contributed by atoms with Crippen LogP contribution in [0.3, 0.4) is 0 Å². The van der Waals surface area contributed by atoms with Crippen molar-refractivity contribution < 1.29 is 9.31 Å². The van der Waals surface area contributed by atoms with Crippen molar-refractivity contribution in [3.05, 3.63) is 30.0 Å². The van der Waals surface area contributed by atoms with Crippen molar-refractivity contribution in [1.82, 2.24) is 9.78 Å². The molecule has 1 aromatic rings. The van der Waals surface area contributed by atoms with E-state index in [1.54, 1.807) is 10.9 Å². The van der Waals surface area contributed by atoms with Gasteiger partial charge in [0.15, 0.2) is 0 Å². The molecule has 5 nitrogen and oxygen atoms in total. The number of allylic oxidation sites excluding steroid dienone is 1. The van der Waals surface area contributed by atoms with Crippen LogP contribution in [0, 0.1) is 0 Å². The van der Waals surface area contributed by atoms with Crippen LogP contribution in [-0.2, 0) is 9.31 Å². The lowest BCUT2D eigenvalue weighted by Gasteiger charge is -2.32. The lowest BCUT2D eigenvalue weighted by molar-refractivity contribution is 0.00578. The second-order valence-corrected chi connectivity index (χ2v) is 6.25. The molecule has 1 saturated heterocycles. The average molecular weight is 273 g/mol. The van der Waals surface area contributed by atoms with Gasteiger partial charge in [0, 0.05) is 18.9 Å². The highest BCUT2D eigenvalue weighted by atomic mass is 16.7. The van der Waals surface area contributed by atoms with E-state index in [-0.39, 0.29) is 18.3 Å². The van der Waals surface area contributed by atoms with Crippen LogP contribution < -0.4 is 0 Å². The minimum absolute atomic E-state index is 0.291. The zero-order valence-electron chi connectivity index (χ0n) is 12.5. The SMILES string of the molecule is CC1(C)OB(C2=CC(n3cccn3)=NCC2)OC1(C)C. The first-order valence-corrected chi connectivity index (χ1v) is 7.00. The Morgan fingerprint density at radius 1 is 1.20 bits per heavy atom. The molecule has 3 rings (SSSR count). The van der Waals surface area contributed by atoms with Gasteiger partial charge >= 0.3 is 7.12 Å². The molecule has 0 amide bonds. The van der Waals surface area contributed by atoms with Crippen LogP contribution in [0.5, 0.6) is 0 Å². The summed E-state index contributed by atoms with van der Waals surface area (Å²) in [5, 5.41) is 4.22. The highest BCUT2D eigenvalue weighted by Crippen LogP contribution is 2.39. The third kappa shape index (κ3) is 2.23. The van der Waals surface area contributed by atoms with Gasteiger partial charge in [-0.3, -0.25) is 4.99 Å². The van der Waals surface area contributed by atoms with Crippen molar-refractivity contribution in [3.8, 4) is 0 Å². The Labute approximate surface area is 119 Å². The van der Waals surface area contributed by atoms with Gasteiger partial charge in [-0.15, -0.1) is 0 Å². The zero-order valence-corrected chi connectivity index (χ0v) is 12.5. The van der Waals surface area contributed by atoms with E-state index < -0.39 is 0 Å². The van der Waals surface area contributed by atoms with Gasteiger partial charge in [0.2, 0.25) is 0 Å². The van der Waals surface area contributed by atoms with Crippen molar-refractivity contribution in [2.75, 3.05) is 6.54 Å². The molecule has 0 bridgehead atoms. The van der Waals surface area contributed by atoms with E-state index in [2.05, 4.69) is 37.8 Å². The molecule has 0 unspecified atom stereocenters. The minimum Gasteiger partial charge on any atom is -0.400 e. The summed E-state index contributed by atoms with van der Waals surface area (Å²) in [6.07, 6.45) is 6.53. The van der Waals surface area contributed by atoms with Crippen LogP contribution in [-0.4, -0.2) is 40.5 Å². The summed E-state index contributed by atoms with van der Waals surface area (Å²) in [5.41, 5.74) is 0.516. The first-order chi connectivity index (χ1) is 9.39. The normalized spacial score (nSPS) is 24.5. The van der Waals surface area contributed by atoms with Crippen molar-refractivity contribution in [2.45, 2.75) is 45.3 Å². The fraction of sp³-hybridized carbons (Fsp3) is 0.571. The number of nitrogens with zero attached hydrogens (tertiary/aromatic N) is 3. The molecule has 6 heteroatoms. The third-order valence-electron chi connectivity index (χ3n) is 4.28. The average Bonchev–Trinajstić information content (AvgIpc) is 2.97. The Morgan fingerprint density at radius 2 is 1.90 bits per heavy atom. The van der Waals surface area contributed by atoms with Crippen LogP contribution in [0.25, 0.3) is 0 Å². The first kappa shape index (κ1) is 13.6. The van der Waals surface area contributed by atoms with Gasteiger partial charge < -0.3 is 9.31 Å². The molecule has 0 saturated carbocycles. The molecule has 2 aliphatic rings. The summed E-state index contributed by atoms with van der Waals surface area (Å²) in [6, 6.07) is 1.89. The molecule has 0 atom stereocenters. The molecule has 106 valence electrons. The summed E-state index contributed by atoms with van der Waals surface area (Å²) >= 11 is 0. The van der Waals surface area contributed by atoms with Gasteiger partial charge in [-0.25, -0.2) is 4.68 Å². The molecular weight excluding hydrogens is 253 g/mol. The predicted octanol–water partition coefficient (Wildman–Crippen LogP) is 2.09. The lowest BCUT2D eigenvalue weighted by atomic mass is 9.75. The molecule has 0 N–H and O–H groups in total. The first-order valence-electron chi connectivity index (χ1n) is 7.00. The fourth-order valence-corrected chi connectivity index (χ4v) is 2.31. The number of aliphatic imine (C=N–C) groups is 1. The molecular formula is C14H20BN3O2. The van der Waals surface area contributed by atoms with Gasteiger partial charge in [-0.1, -0.05) is 0 Å². The summed E-state index contributed by atoms with van der Waals surface area (Å²) in [6.45, 7) is 9.01. The second-order valence-electron chi connectivity index (χ2n) is 6.25. The zero-order chi connectivity index (χ0) is 14.4. The molecule has 1 aromatic heterocycles. The Morgan fingerprint density at radius 3 is 2.50 bits per heavy atom. The largest absolute Gasteiger partial charge is 0.490 e. The van der Waals surface area contributed by atoms with Crippen LogP contribution in [0.15, 0.2) is 35.0 Å². The molecule has 0 spiro atoms. The van der Waals surface area contributed by atoms with Gasteiger partial charge in [-0.05, 0) is 51.7 Å². The van der Waals surface area contributed by atoms with Crippen molar-refractivity contribution in [1.29, 1.82) is 0 Å². The number of aromatic nitrogens is 2. The van der Waals surface area contributed by atoms with E-state index >= 15 is 0 Å². The molecule has 0 aromatic carbocycles. The quantitative estimate of drug-likeness (QED) is 0.736. The van der Waals surface area contributed by atoms with E-state index in [1.807, 2.05) is 18.3 Å². The maximum atomic E-state index is 6.09. The number of rotatable bonds is 1. The Hall–Kier alpha value is -1.40. The molecule has 2 aliphatic heterocycles. The summed E-state index contributed by atoms with van der Waals surface area (Å²) in [5.74, 6) is 0.839. The molecule has 20 heavy (non-hydrogen) atoms. The monoisotopic (exact) mass is 273 g/mol. The lowest BCUT2D eigenvalue weighted by Crippen LogP contribution is -2.41. The van der Waals surface area contributed by atoms with E-state index in [9.17, 15) is 0 Å². The van der Waals surface area contributed by atoms with Crippen LogP contribution in [0.2, 0.25) is 0 Å². The summed E-state index contributed by atoms with van der Waals surface area (Å²) in [7, 11) is -0.291. The van der Waals surface area contributed by atoms with Gasteiger partial charge in [0.1, 0.15) is 5.84 Å². The Balaban J connectivity index is 1.84. The predicted molar refractivity (Wildman–Crippen MR) is 78.7 cm³/mol. The number of hydrogen-bond donors (Lipinski definition) is 0. The molecule has 0 aliphatic carbocycles. The van der Waals surface area contributed by atoms with Crippen LogP contribution in [0.1, 0.15) is 34.1 Å². The Kier molecular flexibility index (Phi) is 3.10. The third-order valence-corrected chi connectivity index (χ3v) is 4.28. The highest BCUT2D eigenvalue weighted by molar-refractivity contribution is 6.55. The molecule has 3 heterocycles. The van der Waals surface area contributed by atoms with Gasteiger partial charge in [0.05, 0.1) is 11.2 Å². The van der Waals surface area contributed by atoms with Crippen molar-refractivity contribution in [2.24, 2.45) is 4.99 Å².